The Balaban J connectivity index is 1.11. The lowest BCUT2D eigenvalue weighted by molar-refractivity contribution is 0.590. The van der Waals surface area contributed by atoms with Gasteiger partial charge in [-0.05, 0) is 92.8 Å². The van der Waals surface area contributed by atoms with Crippen LogP contribution in [-0.2, 0) is 10.8 Å². The van der Waals surface area contributed by atoms with Gasteiger partial charge in [0.25, 0.3) is 0 Å². The van der Waals surface area contributed by atoms with Crippen LogP contribution < -0.4 is 16.2 Å². The van der Waals surface area contributed by atoms with Gasteiger partial charge in [-0.3, -0.25) is 0 Å². The number of anilines is 2. The number of hydrogen-bond donors (Lipinski definition) is 1. The van der Waals surface area contributed by atoms with Crippen molar-refractivity contribution >= 4 is 105 Å². The quantitative estimate of drug-likeness (QED) is 0.181. The van der Waals surface area contributed by atoms with Gasteiger partial charge in [0.1, 0.15) is 11.2 Å². The van der Waals surface area contributed by atoms with Gasteiger partial charge in [0.2, 0.25) is 0 Å². The van der Waals surface area contributed by atoms with Crippen molar-refractivity contribution in [2.45, 2.75) is 45.4 Å². The number of thiophene rings is 1. The second-order valence-corrected chi connectivity index (χ2v) is 19.5. The van der Waals surface area contributed by atoms with Crippen LogP contribution in [0.25, 0.3) is 91.9 Å². The van der Waals surface area contributed by atoms with Crippen LogP contribution in [0.2, 0.25) is 0 Å². The van der Waals surface area contributed by atoms with E-state index in [9.17, 15) is 0 Å². The molecule has 0 unspecified atom stereocenters. The second-order valence-electron chi connectivity index (χ2n) is 18.4. The minimum absolute atomic E-state index is 0.0793. The molecule has 13 rings (SSSR count). The molecule has 11 aromatic rings. The number of nitrogens with one attached hydrogen (secondary N) is 1. The van der Waals surface area contributed by atoms with Crippen molar-refractivity contribution in [2.24, 2.45) is 0 Å². The summed E-state index contributed by atoms with van der Waals surface area (Å²) in [5, 5.41) is 11.3. The smallest absolute Gasteiger partial charge is 0.197 e. The Bertz CT molecular complexity index is 3670. The summed E-state index contributed by atoms with van der Waals surface area (Å²) in [6.07, 6.45) is 0. The first-order valence-electron chi connectivity index (χ1n) is 21.0. The first-order valence-corrected chi connectivity index (χ1v) is 21.8. The third-order valence-electron chi connectivity index (χ3n) is 13.6. The molecule has 60 heavy (non-hydrogen) atoms. The number of fused-ring (bicyclic) bond motifs is 14. The van der Waals surface area contributed by atoms with Crippen molar-refractivity contribution in [3.8, 4) is 27.9 Å². The topological polar surface area (TPSA) is 30.1 Å². The second kappa shape index (κ2) is 11.8. The number of nitrogens with zero attached hydrogens (tertiary/aromatic N) is 1. The Morgan fingerprint density at radius 1 is 0.583 bits per heavy atom. The van der Waals surface area contributed by atoms with Crippen molar-refractivity contribution in [3.63, 3.8) is 0 Å². The Labute approximate surface area is 353 Å². The predicted molar refractivity (Wildman–Crippen MR) is 257 cm³/mol. The average Bonchev–Trinajstić information content (AvgIpc) is 3.96. The number of furan rings is 1. The molecule has 2 aliphatic rings. The molecule has 1 aliphatic heterocycles. The van der Waals surface area contributed by atoms with Crippen molar-refractivity contribution in [3.05, 3.63) is 162 Å². The fraction of sp³-hybridized carbons (Fsp3) is 0.127. The molecule has 1 aliphatic carbocycles. The fourth-order valence-electron chi connectivity index (χ4n) is 10.5. The molecule has 0 fully saturated rings. The average molecular weight is 788 g/mol. The SMILES string of the molecule is CC(C)(C)c1ccc(Nc2cc3sc4ccccc4c3cc2-c2ccc3c4cc5c(cc4n4c3c2[B]c2cc3c(cc2-4)oc2ccccc23)-c2ccccc2C5(C)C)cc1. The summed E-state index contributed by atoms with van der Waals surface area (Å²) in [5.41, 5.74) is 19.1. The van der Waals surface area contributed by atoms with Gasteiger partial charge >= 0.3 is 0 Å². The molecule has 5 heteroatoms. The number of rotatable bonds is 3. The van der Waals surface area contributed by atoms with Gasteiger partial charge in [0, 0.05) is 81.3 Å². The minimum atomic E-state index is -0.105. The first kappa shape index (κ1) is 34.3. The highest BCUT2D eigenvalue weighted by Gasteiger charge is 2.37. The number of aromatic nitrogens is 1. The Morgan fingerprint density at radius 2 is 1.37 bits per heavy atom. The maximum Gasteiger partial charge on any atom is 0.197 e. The van der Waals surface area contributed by atoms with Crippen LogP contribution in [0.3, 0.4) is 0 Å². The maximum absolute atomic E-state index is 6.56. The van der Waals surface area contributed by atoms with Gasteiger partial charge < -0.3 is 14.3 Å². The monoisotopic (exact) mass is 787 g/mol. The normalized spacial score (nSPS) is 14.0. The zero-order chi connectivity index (χ0) is 40.2. The molecule has 0 saturated carbocycles. The van der Waals surface area contributed by atoms with E-state index in [1.54, 1.807) is 0 Å². The van der Waals surface area contributed by atoms with Crippen molar-refractivity contribution in [1.29, 1.82) is 0 Å². The van der Waals surface area contributed by atoms with Gasteiger partial charge in [0.15, 0.2) is 7.28 Å². The van der Waals surface area contributed by atoms with E-state index in [-0.39, 0.29) is 10.8 Å². The van der Waals surface area contributed by atoms with Gasteiger partial charge in [-0.1, -0.05) is 131 Å². The van der Waals surface area contributed by atoms with E-state index in [2.05, 4.69) is 197 Å². The van der Waals surface area contributed by atoms with Crippen LogP contribution >= 0.6 is 11.3 Å². The van der Waals surface area contributed by atoms with Crippen LogP contribution in [0.15, 0.2) is 150 Å². The third-order valence-corrected chi connectivity index (χ3v) is 14.7. The summed E-state index contributed by atoms with van der Waals surface area (Å²) in [6.45, 7) is 11.6. The third kappa shape index (κ3) is 4.67. The van der Waals surface area contributed by atoms with E-state index < -0.39 is 0 Å². The van der Waals surface area contributed by atoms with Crippen LogP contribution in [0.1, 0.15) is 51.3 Å². The zero-order valence-electron chi connectivity index (χ0n) is 34.2. The fourth-order valence-corrected chi connectivity index (χ4v) is 11.6. The summed E-state index contributed by atoms with van der Waals surface area (Å²) in [6, 6.07) is 54.3. The minimum Gasteiger partial charge on any atom is -0.456 e. The van der Waals surface area contributed by atoms with Gasteiger partial charge in [-0.2, -0.15) is 0 Å². The molecule has 1 radical (unpaired) electrons. The zero-order valence-corrected chi connectivity index (χ0v) is 35.0. The van der Waals surface area contributed by atoms with E-state index >= 15 is 0 Å². The van der Waals surface area contributed by atoms with Crippen molar-refractivity contribution < 1.29 is 4.42 Å². The molecule has 285 valence electrons. The van der Waals surface area contributed by atoms with E-state index in [0.29, 0.717) is 0 Å². The molecule has 3 aromatic heterocycles. The summed E-state index contributed by atoms with van der Waals surface area (Å²) in [7, 11) is 2.44. The summed E-state index contributed by atoms with van der Waals surface area (Å²) in [4.78, 5) is 0. The van der Waals surface area contributed by atoms with Crippen LogP contribution in [0.4, 0.5) is 11.4 Å². The highest BCUT2D eigenvalue weighted by Crippen LogP contribution is 2.51. The van der Waals surface area contributed by atoms with E-state index in [1.807, 2.05) is 11.3 Å². The molecule has 8 aromatic carbocycles. The molecule has 0 amide bonds. The molecule has 3 nitrogen and oxygen atoms in total. The molecule has 1 N–H and O–H groups in total. The standard InChI is InChI=1S/C55H40BN2OS/c1-54(2,3)30-18-20-31(21-19-30)57-45-28-51-41(34-14-8-11-17-50(34)60-51)24-38(45)35-22-23-36-39-25-43-37(32-12-6-9-15-42(32)55(43,4)5)27-46(39)58-47-29-49-40(26-44(47)56-52(35)53(36)58)33-13-7-10-16-48(33)59-49/h6-29,57H,1-5H3. The molecular formula is C55H40BN2OS. The highest BCUT2D eigenvalue weighted by atomic mass is 32.1. The Kier molecular flexibility index (Phi) is 6.75. The first-order chi connectivity index (χ1) is 29.1. The lowest BCUT2D eigenvalue weighted by atomic mass is 9.59. The molecule has 4 heterocycles. The van der Waals surface area contributed by atoms with Gasteiger partial charge in [-0.15, -0.1) is 11.3 Å². The molecular weight excluding hydrogens is 747 g/mol. The number of benzene rings is 8. The van der Waals surface area contributed by atoms with Crippen LogP contribution in [0, 0.1) is 0 Å². The molecule has 0 atom stereocenters. The number of para-hydroxylation sites is 1. The van der Waals surface area contributed by atoms with E-state index in [4.69, 9.17) is 4.42 Å². The van der Waals surface area contributed by atoms with Crippen molar-refractivity contribution in [1.82, 2.24) is 4.57 Å². The Morgan fingerprint density at radius 3 is 2.22 bits per heavy atom. The highest BCUT2D eigenvalue weighted by molar-refractivity contribution is 7.25. The van der Waals surface area contributed by atoms with Crippen LogP contribution in [-0.4, -0.2) is 11.8 Å². The number of hydrogen-bond acceptors (Lipinski definition) is 3. The lowest BCUT2D eigenvalue weighted by Crippen LogP contribution is -2.37. The lowest BCUT2D eigenvalue weighted by Gasteiger charge is -2.24. The Hall–Kier alpha value is -6.56. The van der Waals surface area contributed by atoms with Crippen LogP contribution in [0.5, 0.6) is 0 Å². The summed E-state index contributed by atoms with van der Waals surface area (Å²) < 4.78 is 11.7. The van der Waals surface area contributed by atoms with E-state index in [0.717, 1.165) is 39.0 Å². The largest absolute Gasteiger partial charge is 0.456 e. The summed E-state index contributed by atoms with van der Waals surface area (Å²) >= 11 is 1.86. The molecule has 0 saturated heterocycles. The summed E-state index contributed by atoms with van der Waals surface area (Å²) in [5.74, 6) is 0. The predicted octanol–water partition coefficient (Wildman–Crippen LogP) is 14.0. The van der Waals surface area contributed by atoms with Gasteiger partial charge in [-0.25, -0.2) is 0 Å². The van der Waals surface area contributed by atoms with Gasteiger partial charge in [0.05, 0.1) is 5.52 Å². The van der Waals surface area contributed by atoms with Crippen molar-refractivity contribution in [2.75, 3.05) is 5.32 Å². The molecule has 0 bridgehead atoms. The maximum atomic E-state index is 6.56. The van der Waals surface area contributed by atoms with E-state index in [1.165, 1.54) is 91.8 Å². The molecule has 0 spiro atoms.